The van der Waals surface area contributed by atoms with E-state index in [1.807, 2.05) is 43.3 Å². The second-order valence-electron chi connectivity index (χ2n) is 4.77. The van der Waals surface area contributed by atoms with E-state index in [4.69, 9.17) is 10.5 Å². The first-order valence-electron chi connectivity index (χ1n) is 6.46. The highest BCUT2D eigenvalue weighted by Crippen LogP contribution is 2.30. The Morgan fingerprint density at radius 3 is 2.67 bits per heavy atom. The number of pyridine rings is 1. The number of nitrogens with zero attached hydrogens (tertiary/aromatic N) is 4. The lowest BCUT2D eigenvalue weighted by Crippen LogP contribution is -2.08. The molecule has 0 saturated heterocycles. The zero-order valence-corrected chi connectivity index (χ0v) is 11.8. The zero-order chi connectivity index (χ0) is 14.8. The smallest absolute Gasteiger partial charge is 0.221 e. The van der Waals surface area contributed by atoms with E-state index in [2.05, 4.69) is 15.0 Å². The molecule has 0 spiro atoms. The summed E-state index contributed by atoms with van der Waals surface area (Å²) in [5.74, 6) is 1.00. The summed E-state index contributed by atoms with van der Waals surface area (Å²) in [6, 6.07) is 9.18. The van der Waals surface area contributed by atoms with E-state index in [0.29, 0.717) is 23.0 Å². The number of rotatable bonds is 3. The number of aromatic nitrogens is 3. The maximum Gasteiger partial charge on any atom is 0.221 e. The fourth-order valence-electron chi connectivity index (χ4n) is 1.90. The minimum Gasteiger partial charge on any atom is -0.437 e. The molecule has 0 aliphatic heterocycles. The SMILES string of the molecule is CN(C)c1ccc(N)c(Oc2ccc3nccnc3n2)c1. The Kier molecular flexibility index (Phi) is 3.27. The van der Waals surface area contributed by atoms with Gasteiger partial charge in [-0.15, -0.1) is 0 Å². The van der Waals surface area contributed by atoms with Crippen LogP contribution in [0.4, 0.5) is 11.4 Å². The van der Waals surface area contributed by atoms with Gasteiger partial charge in [0.15, 0.2) is 11.4 Å². The molecule has 6 nitrogen and oxygen atoms in total. The fraction of sp³-hybridized carbons (Fsp3) is 0.133. The van der Waals surface area contributed by atoms with Crippen LogP contribution in [0.25, 0.3) is 11.2 Å². The van der Waals surface area contributed by atoms with E-state index < -0.39 is 0 Å². The molecule has 2 heterocycles. The Labute approximate surface area is 122 Å². The molecule has 21 heavy (non-hydrogen) atoms. The predicted octanol–water partition coefficient (Wildman–Crippen LogP) is 2.47. The topological polar surface area (TPSA) is 77.2 Å². The second kappa shape index (κ2) is 5.24. The van der Waals surface area contributed by atoms with E-state index in [1.165, 1.54) is 0 Å². The van der Waals surface area contributed by atoms with Crippen LogP contribution in [0.2, 0.25) is 0 Å². The average molecular weight is 281 g/mol. The summed E-state index contributed by atoms with van der Waals surface area (Å²) in [6.45, 7) is 0. The molecule has 1 aromatic carbocycles. The third kappa shape index (κ3) is 2.69. The fourth-order valence-corrected chi connectivity index (χ4v) is 1.90. The van der Waals surface area contributed by atoms with E-state index >= 15 is 0 Å². The molecule has 0 radical (unpaired) electrons. The number of fused-ring (bicyclic) bond motifs is 1. The number of nitrogen functional groups attached to an aromatic ring is 1. The highest BCUT2D eigenvalue weighted by atomic mass is 16.5. The van der Waals surface area contributed by atoms with Crippen molar-refractivity contribution in [1.29, 1.82) is 0 Å². The minimum atomic E-state index is 0.436. The van der Waals surface area contributed by atoms with Crippen LogP contribution in [0.1, 0.15) is 0 Å². The van der Waals surface area contributed by atoms with E-state index in [1.54, 1.807) is 18.5 Å². The third-order valence-corrected chi connectivity index (χ3v) is 3.03. The minimum absolute atomic E-state index is 0.436. The lowest BCUT2D eigenvalue weighted by atomic mass is 10.2. The number of nitrogens with two attached hydrogens (primary N) is 1. The number of hydrogen-bond donors (Lipinski definition) is 1. The lowest BCUT2D eigenvalue weighted by Gasteiger charge is -2.15. The monoisotopic (exact) mass is 281 g/mol. The van der Waals surface area contributed by atoms with Crippen LogP contribution >= 0.6 is 0 Å². The molecule has 0 unspecified atom stereocenters. The molecule has 106 valence electrons. The first-order valence-corrected chi connectivity index (χ1v) is 6.46. The van der Waals surface area contributed by atoms with Crippen molar-refractivity contribution >= 4 is 22.5 Å². The number of ether oxygens (including phenoxy) is 1. The maximum atomic E-state index is 5.95. The first-order chi connectivity index (χ1) is 10.1. The molecule has 0 aliphatic carbocycles. The van der Waals surface area contributed by atoms with Crippen LogP contribution in [-0.4, -0.2) is 29.0 Å². The second-order valence-corrected chi connectivity index (χ2v) is 4.77. The van der Waals surface area contributed by atoms with Crippen LogP contribution in [0.3, 0.4) is 0 Å². The van der Waals surface area contributed by atoms with Gasteiger partial charge in [-0.25, -0.2) is 4.98 Å². The standard InChI is InChI=1S/C15H15N5O/c1-20(2)10-3-4-11(16)13(9-10)21-14-6-5-12-15(19-14)18-8-7-17-12/h3-9H,16H2,1-2H3. The molecule has 0 aliphatic rings. The molecular weight excluding hydrogens is 266 g/mol. The molecule has 0 fully saturated rings. The van der Waals surface area contributed by atoms with E-state index in [-0.39, 0.29) is 0 Å². The van der Waals surface area contributed by atoms with Gasteiger partial charge in [0.2, 0.25) is 5.88 Å². The van der Waals surface area contributed by atoms with Gasteiger partial charge in [-0.1, -0.05) is 0 Å². The highest BCUT2D eigenvalue weighted by Gasteiger charge is 2.07. The normalized spacial score (nSPS) is 10.6. The highest BCUT2D eigenvalue weighted by molar-refractivity contribution is 5.70. The van der Waals surface area contributed by atoms with Gasteiger partial charge in [0.05, 0.1) is 5.69 Å². The van der Waals surface area contributed by atoms with E-state index in [0.717, 1.165) is 11.2 Å². The van der Waals surface area contributed by atoms with Crippen LogP contribution in [0, 0.1) is 0 Å². The van der Waals surface area contributed by atoms with Crippen LogP contribution < -0.4 is 15.4 Å². The average Bonchev–Trinajstić information content (AvgIpc) is 2.49. The Morgan fingerprint density at radius 2 is 1.86 bits per heavy atom. The molecule has 2 aromatic heterocycles. The van der Waals surface area contributed by atoms with Gasteiger partial charge in [0.25, 0.3) is 0 Å². The van der Waals surface area contributed by atoms with Crippen molar-refractivity contribution in [3.8, 4) is 11.6 Å². The molecule has 3 aromatic rings. The van der Waals surface area contributed by atoms with Crippen molar-refractivity contribution < 1.29 is 4.74 Å². The molecule has 6 heteroatoms. The predicted molar refractivity (Wildman–Crippen MR) is 82.6 cm³/mol. The summed E-state index contributed by atoms with van der Waals surface area (Å²) in [7, 11) is 3.92. The van der Waals surface area contributed by atoms with Crippen molar-refractivity contribution in [3.05, 3.63) is 42.7 Å². The lowest BCUT2D eigenvalue weighted by molar-refractivity contribution is 0.467. The summed E-state index contributed by atoms with van der Waals surface area (Å²) >= 11 is 0. The van der Waals surface area contributed by atoms with Gasteiger partial charge in [0, 0.05) is 44.3 Å². The van der Waals surface area contributed by atoms with Crippen LogP contribution in [-0.2, 0) is 0 Å². The van der Waals surface area contributed by atoms with Gasteiger partial charge in [-0.05, 0) is 18.2 Å². The molecule has 2 N–H and O–H groups in total. The number of hydrogen-bond acceptors (Lipinski definition) is 6. The number of anilines is 2. The molecular formula is C15H15N5O. The van der Waals surface area contributed by atoms with Crippen LogP contribution in [0.5, 0.6) is 11.6 Å². The first kappa shape index (κ1) is 13.1. The van der Waals surface area contributed by atoms with Gasteiger partial charge in [0.1, 0.15) is 5.52 Å². The van der Waals surface area contributed by atoms with Gasteiger partial charge in [-0.3, -0.25) is 4.98 Å². The Hall–Kier alpha value is -2.89. The van der Waals surface area contributed by atoms with Crippen molar-refractivity contribution in [2.45, 2.75) is 0 Å². The zero-order valence-electron chi connectivity index (χ0n) is 11.8. The number of benzene rings is 1. The van der Waals surface area contributed by atoms with Crippen LogP contribution in [0.15, 0.2) is 42.7 Å². The summed E-state index contributed by atoms with van der Waals surface area (Å²) < 4.78 is 5.78. The summed E-state index contributed by atoms with van der Waals surface area (Å²) in [5.41, 5.74) is 8.77. The quantitative estimate of drug-likeness (QED) is 0.743. The molecule has 3 rings (SSSR count). The molecule has 0 amide bonds. The molecule has 0 atom stereocenters. The molecule has 0 bridgehead atoms. The largest absolute Gasteiger partial charge is 0.437 e. The third-order valence-electron chi connectivity index (χ3n) is 3.03. The molecule has 0 saturated carbocycles. The van der Waals surface area contributed by atoms with Gasteiger partial charge in [-0.2, -0.15) is 4.98 Å². The Morgan fingerprint density at radius 1 is 1.05 bits per heavy atom. The van der Waals surface area contributed by atoms with Crippen molar-refractivity contribution in [2.24, 2.45) is 0 Å². The van der Waals surface area contributed by atoms with Crippen molar-refractivity contribution in [1.82, 2.24) is 15.0 Å². The summed E-state index contributed by atoms with van der Waals surface area (Å²) in [4.78, 5) is 14.6. The Bertz CT molecular complexity index is 788. The maximum absolute atomic E-state index is 5.95. The van der Waals surface area contributed by atoms with Gasteiger partial charge >= 0.3 is 0 Å². The van der Waals surface area contributed by atoms with Crippen molar-refractivity contribution in [3.63, 3.8) is 0 Å². The van der Waals surface area contributed by atoms with E-state index in [9.17, 15) is 0 Å². The van der Waals surface area contributed by atoms with Gasteiger partial charge < -0.3 is 15.4 Å². The van der Waals surface area contributed by atoms with Crippen molar-refractivity contribution in [2.75, 3.05) is 24.7 Å². The Balaban J connectivity index is 1.96. The summed E-state index contributed by atoms with van der Waals surface area (Å²) in [5, 5.41) is 0. The summed E-state index contributed by atoms with van der Waals surface area (Å²) in [6.07, 6.45) is 3.23.